The molecule has 2 unspecified atom stereocenters. The van der Waals surface area contributed by atoms with Gasteiger partial charge in [0.05, 0.1) is 0 Å². The van der Waals surface area contributed by atoms with Crippen molar-refractivity contribution in [2.45, 2.75) is 32.1 Å². The lowest BCUT2D eigenvalue weighted by atomic mass is 10.2. The summed E-state index contributed by atoms with van der Waals surface area (Å²) in [7, 11) is -4.94. The number of rotatable bonds is 10. The molecule has 0 aliphatic rings. The predicted octanol–water partition coefficient (Wildman–Crippen LogP) is 2.27. The maximum atomic E-state index is 10.1. The van der Waals surface area contributed by atoms with E-state index in [2.05, 4.69) is 9.05 Å². The second kappa shape index (κ2) is 10.6. The summed E-state index contributed by atoms with van der Waals surface area (Å²) in [6.07, 6.45) is 4.27. The van der Waals surface area contributed by atoms with Gasteiger partial charge in [-0.3, -0.25) is 0 Å². The predicted molar refractivity (Wildman–Crippen MR) is 54.6 cm³/mol. The zero-order chi connectivity index (χ0) is 11.5. The molecular weight excluding hydrogens is 242 g/mol. The van der Waals surface area contributed by atoms with Gasteiger partial charge in [-0.05, 0) is 12.8 Å². The number of unbranched alkanes of at least 4 members (excludes halogenated alkanes) is 4. The maximum Gasteiger partial charge on any atom is 0.694 e. The number of hydrogen-bond acceptors (Lipinski definition) is 4. The molecule has 8 heteroatoms. The minimum atomic E-state index is -2.47. The molecule has 2 atom stereocenters. The van der Waals surface area contributed by atoms with Crippen LogP contribution in [-0.2, 0) is 18.2 Å². The molecule has 2 N–H and O–H groups in total. The zero-order valence-corrected chi connectivity index (χ0v) is 10.2. The van der Waals surface area contributed by atoms with Crippen LogP contribution in [0.25, 0.3) is 0 Å². The van der Waals surface area contributed by atoms with Crippen molar-refractivity contribution >= 4 is 16.5 Å². The molecule has 0 fully saturated rings. The van der Waals surface area contributed by atoms with Gasteiger partial charge in [-0.2, -0.15) is 0 Å². The molecule has 88 valence electrons. The van der Waals surface area contributed by atoms with Gasteiger partial charge in [0.25, 0.3) is 0 Å². The number of hydrogen-bond donors (Lipinski definition) is 2. The molecular formula is C7H16O6P2+2. The molecule has 15 heavy (non-hydrogen) atoms. The standard InChI is InChI=1S/C7H14O6P2/c8-14(9)12-6-4-2-1-3-5-7-13-15(10)11/h1-7H2/p+2. The van der Waals surface area contributed by atoms with Gasteiger partial charge in [0.2, 0.25) is 0 Å². The molecule has 0 bridgehead atoms. The summed E-state index contributed by atoms with van der Waals surface area (Å²) in [6, 6.07) is 0. The minimum Gasteiger partial charge on any atom is -0.133 e. The Kier molecular flexibility index (Phi) is 10.6. The van der Waals surface area contributed by atoms with Crippen LogP contribution in [0.4, 0.5) is 0 Å². The van der Waals surface area contributed by atoms with Gasteiger partial charge in [0, 0.05) is 9.13 Å². The fraction of sp³-hybridized carbons (Fsp3) is 1.00. The van der Waals surface area contributed by atoms with Crippen LogP contribution < -0.4 is 0 Å². The highest BCUT2D eigenvalue weighted by Gasteiger charge is 2.11. The molecule has 0 spiro atoms. The van der Waals surface area contributed by atoms with Crippen molar-refractivity contribution in [2.24, 2.45) is 0 Å². The van der Waals surface area contributed by atoms with E-state index in [1.54, 1.807) is 0 Å². The van der Waals surface area contributed by atoms with Crippen molar-refractivity contribution in [1.29, 1.82) is 0 Å². The second-order valence-corrected chi connectivity index (χ2v) is 4.38. The zero-order valence-electron chi connectivity index (χ0n) is 8.37. The van der Waals surface area contributed by atoms with Crippen molar-refractivity contribution in [3.8, 4) is 0 Å². The molecule has 0 aliphatic carbocycles. The summed E-state index contributed by atoms with van der Waals surface area (Å²) >= 11 is 0. The molecule has 6 nitrogen and oxygen atoms in total. The third-order valence-electron chi connectivity index (χ3n) is 1.69. The van der Waals surface area contributed by atoms with E-state index in [4.69, 9.17) is 9.79 Å². The van der Waals surface area contributed by atoms with Crippen molar-refractivity contribution in [2.75, 3.05) is 13.2 Å². The average molecular weight is 258 g/mol. The molecule has 0 aromatic rings. The summed E-state index contributed by atoms with van der Waals surface area (Å²) in [5, 5.41) is 0. The largest absolute Gasteiger partial charge is 0.694 e. The highest BCUT2D eigenvalue weighted by molar-refractivity contribution is 7.32. The molecule has 0 rings (SSSR count). The maximum absolute atomic E-state index is 10.1. The third-order valence-corrected chi connectivity index (χ3v) is 2.50. The summed E-state index contributed by atoms with van der Waals surface area (Å²) in [5.74, 6) is 0. The highest BCUT2D eigenvalue weighted by atomic mass is 31.1. The Hall–Kier alpha value is 0.0400. The lowest BCUT2D eigenvalue weighted by Crippen LogP contribution is -1.89. The van der Waals surface area contributed by atoms with Crippen LogP contribution >= 0.6 is 16.5 Å². The first-order chi connectivity index (χ1) is 7.13. The van der Waals surface area contributed by atoms with Gasteiger partial charge in [-0.15, -0.1) is 18.8 Å². The molecule has 0 aliphatic heterocycles. The first-order valence-corrected chi connectivity index (χ1v) is 6.97. The third kappa shape index (κ3) is 14.0. The average Bonchev–Trinajstić information content (AvgIpc) is 2.14. The molecule has 0 aromatic heterocycles. The Bertz CT molecular complexity index is 178. The van der Waals surface area contributed by atoms with Crippen LogP contribution in [0.2, 0.25) is 0 Å². The fourth-order valence-corrected chi connectivity index (χ4v) is 1.59. The van der Waals surface area contributed by atoms with Gasteiger partial charge in [0.1, 0.15) is 13.2 Å². The molecule has 0 radical (unpaired) electrons. The smallest absolute Gasteiger partial charge is 0.133 e. The summed E-state index contributed by atoms with van der Waals surface area (Å²) in [4.78, 5) is 16.6. The normalized spacial score (nSPS) is 12.7. The Balaban J connectivity index is 2.99. The molecule has 0 aromatic carbocycles. The van der Waals surface area contributed by atoms with Crippen LogP contribution in [-0.4, -0.2) is 23.0 Å². The van der Waals surface area contributed by atoms with E-state index in [1.165, 1.54) is 0 Å². The van der Waals surface area contributed by atoms with Gasteiger partial charge >= 0.3 is 16.5 Å². The quantitative estimate of drug-likeness (QED) is 0.461. The monoisotopic (exact) mass is 258 g/mol. The topological polar surface area (TPSA) is 93.1 Å². The first kappa shape index (κ1) is 15.0. The van der Waals surface area contributed by atoms with Gasteiger partial charge in [-0.25, -0.2) is 0 Å². The van der Waals surface area contributed by atoms with Crippen LogP contribution in [0.1, 0.15) is 32.1 Å². The van der Waals surface area contributed by atoms with Crippen molar-refractivity contribution in [3.05, 3.63) is 0 Å². The highest BCUT2D eigenvalue weighted by Crippen LogP contribution is 2.17. The van der Waals surface area contributed by atoms with Gasteiger partial charge in [0.15, 0.2) is 0 Å². The lowest BCUT2D eigenvalue weighted by Gasteiger charge is -1.96. The first-order valence-electron chi connectivity index (χ1n) is 4.71. The molecule has 0 heterocycles. The Morgan fingerprint density at radius 1 is 0.733 bits per heavy atom. The van der Waals surface area contributed by atoms with Crippen molar-refractivity contribution < 1.29 is 28.0 Å². The molecule has 0 amide bonds. The van der Waals surface area contributed by atoms with Gasteiger partial charge < -0.3 is 0 Å². The van der Waals surface area contributed by atoms with E-state index in [0.717, 1.165) is 32.1 Å². The summed E-state index contributed by atoms with van der Waals surface area (Å²) in [5.41, 5.74) is 0. The Labute approximate surface area is 90.5 Å². The van der Waals surface area contributed by atoms with Crippen LogP contribution in [0.3, 0.4) is 0 Å². The summed E-state index contributed by atoms with van der Waals surface area (Å²) in [6.45, 7) is 0.593. The van der Waals surface area contributed by atoms with Crippen LogP contribution in [0, 0.1) is 0 Å². The van der Waals surface area contributed by atoms with E-state index in [1.807, 2.05) is 0 Å². The Morgan fingerprint density at radius 3 is 1.40 bits per heavy atom. The van der Waals surface area contributed by atoms with Crippen LogP contribution in [0.15, 0.2) is 0 Å². The summed E-state index contributed by atoms with van der Waals surface area (Å²) < 4.78 is 29.1. The van der Waals surface area contributed by atoms with E-state index in [0.29, 0.717) is 13.2 Å². The second-order valence-electron chi connectivity index (χ2n) is 2.91. The fourth-order valence-electron chi connectivity index (χ4n) is 1.02. The lowest BCUT2D eigenvalue weighted by molar-refractivity contribution is 0.266. The van der Waals surface area contributed by atoms with Crippen molar-refractivity contribution in [3.63, 3.8) is 0 Å². The van der Waals surface area contributed by atoms with Gasteiger partial charge in [-0.1, -0.05) is 19.3 Å². The van der Waals surface area contributed by atoms with Crippen LogP contribution in [0.5, 0.6) is 0 Å². The SMILES string of the molecule is O=[P+](O)OCCCCCCCO[P+](=O)O. The van der Waals surface area contributed by atoms with E-state index in [9.17, 15) is 9.13 Å². The minimum absolute atomic E-state index is 0.296. The van der Waals surface area contributed by atoms with E-state index < -0.39 is 16.5 Å². The molecule has 0 saturated heterocycles. The Morgan fingerprint density at radius 2 is 1.07 bits per heavy atom. The van der Waals surface area contributed by atoms with Crippen molar-refractivity contribution in [1.82, 2.24) is 0 Å². The molecule has 0 saturated carbocycles. The van der Waals surface area contributed by atoms with E-state index in [-0.39, 0.29) is 0 Å². The van der Waals surface area contributed by atoms with E-state index >= 15 is 0 Å².